The smallest absolute Gasteiger partial charge is 0.296 e. The molecule has 0 aliphatic heterocycles. The molecule has 0 fully saturated rings. The van der Waals surface area contributed by atoms with Gasteiger partial charge in [-0.15, -0.1) is 0 Å². The molecule has 1 atom stereocenters. The highest BCUT2D eigenvalue weighted by Gasteiger charge is 2.09. The minimum absolute atomic E-state index is 0.224. The molecule has 1 aromatic rings. The van der Waals surface area contributed by atoms with Crippen molar-refractivity contribution < 1.29 is 13.2 Å². The largest absolute Gasteiger partial charge is 0.325 e. The molecular weight excluding hydrogens is 310 g/mol. The van der Waals surface area contributed by atoms with Crippen LogP contribution in [0.4, 0.5) is 11.4 Å². The van der Waals surface area contributed by atoms with Crippen LogP contribution in [0.2, 0.25) is 0 Å². The maximum Gasteiger partial charge on any atom is 0.296 e. The summed E-state index contributed by atoms with van der Waals surface area (Å²) in [6.07, 6.45) is 0. The van der Waals surface area contributed by atoms with Gasteiger partial charge in [0.1, 0.15) is 0 Å². The summed E-state index contributed by atoms with van der Waals surface area (Å²) in [7, 11) is -3.81. The number of hydrogen-bond acceptors (Lipinski definition) is 3. The summed E-state index contributed by atoms with van der Waals surface area (Å²) in [6, 6.07) is 6.24. The first-order valence-electron chi connectivity index (χ1n) is 4.63. The molecule has 0 bridgehead atoms. The fourth-order valence-electron chi connectivity index (χ4n) is 1.07. The second-order valence-electron chi connectivity index (χ2n) is 3.33. The van der Waals surface area contributed by atoms with E-state index in [4.69, 9.17) is 5.14 Å². The van der Waals surface area contributed by atoms with Gasteiger partial charge in [-0.05, 0) is 25.1 Å². The van der Waals surface area contributed by atoms with Crippen LogP contribution < -0.4 is 15.2 Å². The zero-order valence-electron chi connectivity index (χ0n) is 8.98. The van der Waals surface area contributed by atoms with Crippen molar-refractivity contribution >= 4 is 43.4 Å². The zero-order chi connectivity index (χ0) is 13.1. The Bertz CT molecular complexity index is 516. The summed E-state index contributed by atoms with van der Waals surface area (Å²) in [5.74, 6) is -0.224. The fraction of sp³-hybridized carbons (Fsp3) is 0.222. The van der Waals surface area contributed by atoms with E-state index in [9.17, 15) is 13.2 Å². The van der Waals surface area contributed by atoms with Crippen LogP contribution in [-0.2, 0) is 15.0 Å². The molecule has 17 heavy (non-hydrogen) atoms. The predicted octanol–water partition coefficient (Wildman–Crippen LogP) is 1.02. The van der Waals surface area contributed by atoms with Crippen LogP contribution >= 0.6 is 15.9 Å². The van der Waals surface area contributed by atoms with Crippen molar-refractivity contribution in [2.45, 2.75) is 11.8 Å². The van der Waals surface area contributed by atoms with E-state index in [1.165, 1.54) is 12.1 Å². The molecule has 94 valence electrons. The Hall–Kier alpha value is -1.12. The molecule has 0 saturated heterocycles. The molecule has 1 aromatic carbocycles. The SMILES string of the molecule is CC(Br)C(=O)Nc1cccc(NS(N)(=O)=O)c1. The number of rotatable bonds is 4. The number of nitrogens with two attached hydrogens (primary N) is 1. The Kier molecular flexibility index (Phi) is 4.49. The maximum absolute atomic E-state index is 11.4. The number of amides is 1. The fourth-order valence-corrected chi connectivity index (χ4v) is 1.64. The molecule has 6 nitrogen and oxygen atoms in total. The van der Waals surface area contributed by atoms with E-state index in [1.807, 2.05) is 0 Å². The molecule has 0 radical (unpaired) electrons. The summed E-state index contributed by atoms with van der Waals surface area (Å²) in [6.45, 7) is 1.68. The number of benzene rings is 1. The van der Waals surface area contributed by atoms with Gasteiger partial charge in [0.15, 0.2) is 0 Å². The van der Waals surface area contributed by atoms with Crippen LogP contribution in [0, 0.1) is 0 Å². The molecule has 0 aromatic heterocycles. The van der Waals surface area contributed by atoms with Crippen LogP contribution in [0.5, 0.6) is 0 Å². The molecule has 1 amide bonds. The molecule has 0 heterocycles. The van der Waals surface area contributed by atoms with Gasteiger partial charge in [-0.3, -0.25) is 9.52 Å². The lowest BCUT2D eigenvalue weighted by atomic mass is 10.3. The van der Waals surface area contributed by atoms with Gasteiger partial charge in [0.2, 0.25) is 5.91 Å². The second kappa shape index (κ2) is 5.48. The molecular formula is C9H12BrN3O3S. The van der Waals surface area contributed by atoms with Crippen molar-refractivity contribution in [2.24, 2.45) is 5.14 Å². The first-order valence-corrected chi connectivity index (χ1v) is 7.09. The molecule has 0 saturated carbocycles. The third kappa shape index (κ3) is 5.16. The minimum Gasteiger partial charge on any atom is -0.325 e. The van der Waals surface area contributed by atoms with Crippen molar-refractivity contribution in [2.75, 3.05) is 10.0 Å². The molecule has 1 unspecified atom stereocenters. The Balaban J connectivity index is 2.83. The van der Waals surface area contributed by atoms with Gasteiger partial charge in [-0.2, -0.15) is 8.42 Å². The van der Waals surface area contributed by atoms with Gasteiger partial charge in [0.05, 0.1) is 10.5 Å². The summed E-state index contributed by atoms with van der Waals surface area (Å²) in [5.41, 5.74) is 0.766. The van der Waals surface area contributed by atoms with Gasteiger partial charge in [-0.25, -0.2) is 5.14 Å². The van der Waals surface area contributed by atoms with Gasteiger partial charge in [0, 0.05) is 5.69 Å². The average molecular weight is 322 g/mol. The zero-order valence-corrected chi connectivity index (χ0v) is 11.4. The Morgan fingerprint density at radius 1 is 1.41 bits per heavy atom. The summed E-state index contributed by atoms with van der Waals surface area (Å²) in [4.78, 5) is 11.1. The second-order valence-corrected chi connectivity index (χ2v) is 6.00. The van der Waals surface area contributed by atoms with E-state index in [0.717, 1.165) is 0 Å². The highest BCUT2D eigenvalue weighted by atomic mass is 79.9. The van der Waals surface area contributed by atoms with E-state index in [0.29, 0.717) is 5.69 Å². The normalized spacial score (nSPS) is 12.9. The number of halogens is 1. The van der Waals surface area contributed by atoms with Crippen molar-refractivity contribution in [1.29, 1.82) is 0 Å². The van der Waals surface area contributed by atoms with E-state index < -0.39 is 10.2 Å². The Morgan fingerprint density at radius 3 is 2.53 bits per heavy atom. The lowest BCUT2D eigenvalue weighted by molar-refractivity contribution is -0.115. The predicted molar refractivity (Wildman–Crippen MR) is 70.2 cm³/mol. The lowest BCUT2D eigenvalue weighted by Gasteiger charge is -2.09. The van der Waals surface area contributed by atoms with Crippen molar-refractivity contribution in [3.05, 3.63) is 24.3 Å². The Morgan fingerprint density at radius 2 is 2.00 bits per heavy atom. The molecule has 0 aliphatic carbocycles. The van der Waals surface area contributed by atoms with Gasteiger partial charge in [0.25, 0.3) is 10.2 Å². The molecule has 4 N–H and O–H groups in total. The van der Waals surface area contributed by atoms with Crippen molar-refractivity contribution in [1.82, 2.24) is 0 Å². The van der Waals surface area contributed by atoms with E-state index in [2.05, 4.69) is 26.0 Å². The Labute approximate surface area is 108 Å². The average Bonchev–Trinajstić information content (AvgIpc) is 2.15. The highest BCUT2D eigenvalue weighted by molar-refractivity contribution is 9.10. The van der Waals surface area contributed by atoms with Gasteiger partial charge >= 0.3 is 0 Å². The number of carbonyl (C=O) groups excluding carboxylic acids is 1. The van der Waals surface area contributed by atoms with E-state index >= 15 is 0 Å². The maximum atomic E-state index is 11.4. The van der Waals surface area contributed by atoms with Crippen molar-refractivity contribution in [3.8, 4) is 0 Å². The standard InChI is InChI=1S/C9H12BrN3O3S/c1-6(10)9(14)12-7-3-2-4-8(5-7)13-17(11,15)16/h2-6,13H,1H3,(H,12,14)(H2,11,15,16). The van der Waals surface area contributed by atoms with E-state index in [1.54, 1.807) is 19.1 Å². The molecule has 1 rings (SSSR count). The third-order valence-corrected chi connectivity index (χ3v) is 2.69. The quantitative estimate of drug-likeness (QED) is 0.721. The molecule has 0 spiro atoms. The van der Waals surface area contributed by atoms with Gasteiger partial charge in [-0.1, -0.05) is 22.0 Å². The minimum atomic E-state index is -3.81. The van der Waals surface area contributed by atoms with Crippen LogP contribution in [0.3, 0.4) is 0 Å². The van der Waals surface area contributed by atoms with Crippen LogP contribution in [0.25, 0.3) is 0 Å². The number of alkyl halides is 1. The first-order chi connectivity index (χ1) is 7.78. The van der Waals surface area contributed by atoms with Crippen LogP contribution in [0.15, 0.2) is 24.3 Å². The first kappa shape index (κ1) is 13.9. The molecule has 0 aliphatic rings. The molecule has 8 heteroatoms. The third-order valence-electron chi connectivity index (χ3n) is 1.75. The highest BCUT2D eigenvalue weighted by Crippen LogP contribution is 2.16. The number of nitrogens with one attached hydrogen (secondary N) is 2. The number of hydrogen-bond donors (Lipinski definition) is 3. The summed E-state index contributed by atoms with van der Waals surface area (Å²) < 4.78 is 23.7. The number of anilines is 2. The number of carbonyl (C=O) groups is 1. The van der Waals surface area contributed by atoms with E-state index in [-0.39, 0.29) is 16.4 Å². The summed E-state index contributed by atoms with van der Waals surface area (Å²) in [5, 5.41) is 7.44. The van der Waals surface area contributed by atoms with Crippen molar-refractivity contribution in [3.63, 3.8) is 0 Å². The van der Waals surface area contributed by atoms with Crippen LogP contribution in [-0.4, -0.2) is 19.2 Å². The topological polar surface area (TPSA) is 101 Å². The van der Waals surface area contributed by atoms with Gasteiger partial charge < -0.3 is 5.32 Å². The summed E-state index contributed by atoms with van der Waals surface area (Å²) >= 11 is 3.12. The monoisotopic (exact) mass is 321 g/mol. The lowest BCUT2D eigenvalue weighted by Crippen LogP contribution is -2.22. The van der Waals surface area contributed by atoms with Crippen LogP contribution in [0.1, 0.15) is 6.92 Å².